The third kappa shape index (κ3) is 5.08. The first-order valence-corrected chi connectivity index (χ1v) is 10.0. The predicted octanol–water partition coefficient (Wildman–Crippen LogP) is 4.07. The molecule has 0 radical (unpaired) electrons. The molecular weight excluding hydrogens is 378 g/mol. The molecule has 0 aromatic heterocycles. The minimum Gasteiger partial charge on any atom is -0.493 e. The maximum Gasteiger partial charge on any atom is 0.312 e. The normalized spacial score (nSPS) is 10.6. The van der Waals surface area contributed by atoms with E-state index >= 15 is 0 Å². The van der Waals surface area contributed by atoms with Crippen molar-refractivity contribution >= 4 is 22.7 Å². The first kappa shape index (κ1) is 21.2. The van der Waals surface area contributed by atoms with Gasteiger partial charge in [-0.1, -0.05) is 49.4 Å². The van der Waals surface area contributed by atoms with Gasteiger partial charge in [0.05, 0.1) is 6.61 Å². The fourth-order valence-corrected chi connectivity index (χ4v) is 3.31. The molecule has 0 saturated heterocycles. The van der Waals surface area contributed by atoms with Crippen molar-refractivity contribution in [3.63, 3.8) is 0 Å². The van der Waals surface area contributed by atoms with E-state index < -0.39 is 6.03 Å². The number of rotatable bonds is 8. The molecule has 3 amide bonds. The summed E-state index contributed by atoms with van der Waals surface area (Å²) in [5.74, 6) is 0.724. The van der Waals surface area contributed by atoms with Gasteiger partial charge in [-0.3, -0.25) is 4.79 Å². The van der Waals surface area contributed by atoms with Gasteiger partial charge in [0.2, 0.25) is 0 Å². The minimum absolute atomic E-state index is 0.0845. The van der Waals surface area contributed by atoms with Gasteiger partial charge in [0.15, 0.2) is 0 Å². The molecule has 0 bridgehead atoms. The smallest absolute Gasteiger partial charge is 0.312 e. The molecular formula is C24H27N3O3. The Kier molecular flexibility index (Phi) is 6.91. The molecule has 3 aromatic carbocycles. The molecule has 0 aliphatic rings. The van der Waals surface area contributed by atoms with Crippen molar-refractivity contribution in [3.05, 3.63) is 77.4 Å². The molecule has 0 aliphatic carbocycles. The Morgan fingerprint density at radius 2 is 1.77 bits per heavy atom. The second-order valence-electron chi connectivity index (χ2n) is 7.19. The number of primary amides is 1. The first-order valence-electron chi connectivity index (χ1n) is 10.0. The summed E-state index contributed by atoms with van der Waals surface area (Å²) in [4.78, 5) is 25.5. The van der Waals surface area contributed by atoms with Crippen molar-refractivity contribution in [2.75, 3.05) is 13.7 Å². The van der Waals surface area contributed by atoms with Crippen molar-refractivity contribution in [2.24, 2.45) is 5.73 Å². The quantitative estimate of drug-likeness (QED) is 0.592. The molecule has 0 aliphatic heterocycles. The van der Waals surface area contributed by atoms with Gasteiger partial charge < -0.3 is 20.7 Å². The zero-order chi connectivity index (χ0) is 21.5. The zero-order valence-corrected chi connectivity index (χ0v) is 17.4. The van der Waals surface area contributed by atoms with Gasteiger partial charge in [0, 0.05) is 31.3 Å². The van der Waals surface area contributed by atoms with Crippen LogP contribution in [0.15, 0.2) is 60.7 Å². The van der Waals surface area contributed by atoms with Gasteiger partial charge in [0.25, 0.3) is 5.91 Å². The van der Waals surface area contributed by atoms with E-state index in [-0.39, 0.29) is 5.91 Å². The van der Waals surface area contributed by atoms with Crippen LogP contribution in [0.2, 0.25) is 0 Å². The molecule has 0 spiro atoms. The number of carbonyl (C=O) groups excluding carboxylic acids is 2. The Bertz CT molecular complexity index is 1030. The maximum absolute atomic E-state index is 13.0. The van der Waals surface area contributed by atoms with E-state index in [1.165, 1.54) is 0 Å². The molecule has 3 rings (SSSR count). The van der Waals surface area contributed by atoms with Gasteiger partial charge >= 0.3 is 6.03 Å². The van der Waals surface area contributed by atoms with Gasteiger partial charge in [-0.05, 0) is 41.0 Å². The summed E-state index contributed by atoms with van der Waals surface area (Å²) in [7, 11) is 1.79. The van der Waals surface area contributed by atoms with E-state index in [2.05, 4.69) is 24.4 Å². The molecule has 0 fully saturated rings. The van der Waals surface area contributed by atoms with Gasteiger partial charge in [0.1, 0.15) is 5.75 Å². The monoisotopic (exact) mass is 405 g/mol. The molecule has 0 heterocycles. The molecule has 6 nitrogen and oxygen atoms in total. The SMILES string of the molecule is CCCOc1ccc2ccccc2c1CN(C)C(=O)c1ccc(CNC(N)=O)cc1. The topological polar surface area (TPSA) is 84.7 Å². The van der Waals surface area contributed by atoms with E-state index in [1.807, 2.05) is 36.4 Å². The number of nitrogens with two attached hydrogens (primary N) is 1. The molecule has 0 atom stereocenters. The van der Waals surface area contributed by atoms with Crippen molar-refractivity contribution in [3.8, 4) is 5.75 Å². The largest absolute Gasteiger partial charge is 0.493 e. The van der Waals surface area contributed by atoms with Crippen molar-refractivity contribution in [1.29, 1.82) is 0 Å². The summed E-state index contributed by atoms with van der Waals surface area (Å²) in [5.41, 5.74) is 7.54. The zero-order valence-electron chi connectivity index (χ0n) is 17.4. The Morgan fingerprint density at radius 1 is 1.03 bits per heavy atom. The lowest BCUT2D eigenvalue weighted by Crippen LogP contribution is -2.28. The number of hydrogen-bond donors (Lipinski definition) is 2. The van der Waals surface area contributed by atoms with Crippen LogP contribution in [0.1, 0.15) is 34.8 Å². The highest BCUT2D eigenvalue weighted by Gasteiger charge is 2.16. The van der Waals surface area contributed by atoms with E-state index in [9.17, 15) is 9.59 Å². The number of fused-ring (bicyclic) bond motifs is 1. The second kappa shape index (κ2) is 9.78. The second-order valence-corrected chi connectivity index (χ2v) is 7.19. The van der Waals surface area contributed by atoms with Gasteiger partial charge in [-0.25, -0.2) is 4.79 Å². The van der Waals surface area contributed by atoms with Gasteiger partial charge in [-0.15, -0.1) is 0 Å². The summed E-state index contributed by atoms with van der Waals surface area (Å²) in [6.45, 7) is 3.46. The van der Waals surface area contributed by atoms with E-state index in [1.54, 1.807) is 24.1 Å². The van der Waals surface area contributed by atoms with E-state index in [0.717, 1.165) is 34.1 Å². The summed E-state index contributed by atoms with van der Waals surface area (Å²) in [6.07, 6.45) is 0.915. The Hall–Kier alpha value is -3.54. The number of benzene rings is 3. The van der Waals surface area contributed by atoms with E-state index in [4.69, 9.17) is 10.5 Å². The van der Waals surface area contributed by atoms with Crippen LogP contribution in [0.25, 0.3) is 10.8 Å². The Morgan fingerprint density at radius 3 is 2.47 bits per heavy atom. The van der Waals surface area contributed by atoms with Gasteiger partial charge in [-0.2, -0.15) is 0 Å². The number of hydrogen-bond acceptors (Lipinski definition) is 3. The molecule has 6 heteroatoms. The fraction of sp³-hybridized carbons (Fsp3) is 0.250. The molecule has 0 saturated carbocycles. The van der Waals surface area contributed by atoms with Crippen LogP contribution in [0.4, 0.5) is 4.79 Å². The molecule has 30 heavy (non-hydrogen) atoms. The lowest BCUT2D eigenvalue weighted by atomic mass is 10.0. The van der Waals surface area contributed by atoms with Crippen molar-refractivity contribution in [1.82, 2.24) is 10.2 Å². The Balaban J connectivity index is 1.80. The van der Waals surface area contributed by atoms with Crippen LogP contribution in [0.5, 0.6) is 5.75 Å². The third-order valence-electron chi connectivity index (χ3n) is 4.87. The molecule has 0 unspecified atom stereocenters. The highest BCUT2D eigenvalue weighted by molar-refractivity contribution is 5.95. The lowest BCUT2D eigenvalue weighted by molar-refractivity contribution is 0.0784. The number of amides is 3. The number of urea groups is 1. The number of nitrogens with one attached hydrogen (secondary N) is 1. The number of ether oxygens (including phenoxy) is 1. The standard InChI is InChI=1S/C24H27N3O3/c1-3-14-30-22-13-12-18-6-4-5-7-20(18)21(22)16-27(2)23(28)19-10-8-17(9-11-19)15-26-24(25)29/h4-13H,3,14-16H2,1-2H3,(H3,25,26,29). The van der Waals surface area contributed by atoms with E-state index in [0.29, 0.717) is 25.3 Å². The summed E-state index contributed by atoms with van der Waals surface area (Å²) >= 11 is 0. The first-order chi connectivity index (χ1) is 14.5. The Labute approximate surface area is 176 Å². The molecule has 3 N–H and O–H groups in total. The third-order valence-corrected chi connectivity index (χ3v) is 4.87. The number of nitrogens with zero attached hydrogens (tertiary/aromatic N) is 1. The van der Waals surface area contributed by atoms with Crippen LogP contribution in [-0.4, -0.2) is 30.5 Å². The summed E-state index contributed by atoms with van der Waals surface area (Å²) in [6, 6.07) is 18.7. The van der Waals surface area contributed by atoms with Crippen molar-refractivity contribution in [2.45, 2.75) is 26.4 Å². The summed E-state index contributed by atoms with van der Waals surface area (Å²) in [5, 5.41) is 4.73. The summed E-state index contributed by atoms with van der Waals surface area (Å²) < 4.78 is 5.96. The van der Waals surface area contributed by atoms with Crippen LogP contribution in [-0.2, 0) is 13.1 Å². The maximum atomic E-state index is 13.0. The molecule has 3 aromatic rings. The highest BCUT2D eigenvalue weighted by atomic mass is 16.5. The fourth-order valence-electron chi connectivity index (χ4n) is 3.31. The highest BCUT2D eigenvalue weighted by Crippen LogP contribution is 2.29. The average molecular weight is 405 g/mol. The average Bonchev–Trinajstić information content (AvgIpc) is 2.76. The van der Waals surface area contributed by atoms with Crippen LogP contribution in [0.3, 0.4) is 0 Å². The molecule has 156 valence electrons. The minimum atomic E-state index is -0.578. The van der Waals surface area contributed by atoms with Crippen LogP contribution >= 0.6 is 0 Å². The van der Waals surface area contributed by atoms with Crippen LogP contribution < -0.4 is 15.8 Å². The lowest BCUT2D eigenvalue weighted by Gasteiger charge is -2.21. The predicted molar refractivity (Wildman–Crippen MR) is 118 cm³/mol. The van der Waals surface area contributed by atoms with Crippen LogP contribution in [0, 0.1) is 0 Å². The number of carbonyl (C=O) groups is 2. The van der Waals surface area contributed by atoms with Crippen molar-refractivity contribution < 1.29 is 14.3 Å².